The van der Waals surface area contributed by atoms with Gasteiger partial charge in [0.2, 0.25) is 5.91 Å². The lowest BCUT2D eigenvalue weighted by Gasteiger charge is -2.42. The number of carbonyl (C=O) groups is 1. The molecule has 178 valence electrons. The molecule has 5 nitrogen and oxygen atoms in total. The summed E-state index contributed by atoms with van der Waals surface area (Å²) < 4.78 is 5.76. The minimum atomic E-state index is -0.258. The summed E-state index contributed by atoms with van der Waals surface area (Å²) in [5.41, 5.74) is 3.95. The van der Waals surface area contributed by atoms with Crippen molar-refractivity contribution in [2.24, 2.45) is 0 Å². The van der Waals surface area contributed by atoms with Crippen LogP contribution in [-0.4, -0.2) is 46.7 Å². The summed E-state index contributed by atoms with van der Waals surface area (Å²) in [6.07, 6.45) is 8.23. The van der Waals surface area contributed by atoms with Gasteiger partial charge in [0.05, 0.1) is 30.9 Å². The molecule has 34 heavy (non-hydrogen) atoms. The van der Waals surface area contributed by atoms with E-state index in [1.54, 1.807) is 17.8 Å². The first kappa shape index (κ1) is 24.3. The third-order valence-corrected chi connectivity index (χ3v) is 7.39. The molecule has 2 aliphatic heterocycles. The van der Waals surface area contributed by atoms with E-state index in [1.807, 2.05) is 48.2 Å². The van der Waals surface area contributed by atoms with Gasteiger partial charge >= 0.3 is 0 Å². The molecule has 2 N–H and O–H groups in total. The number of anilines is 1. The third kappa shape index (κ3) is 5.63. The zero-order valence-corrected chi connectivity index (χ0v) is 20.2. The van der Waals surface area contributed by atoms with E-state index in [0.717, 1.165) is 45.7 Å². The number of para-hydroxylation sites is 1. The number of benzene rings is 2. The molecule has 0 aromatic heterocycles. The van der Waals surface area contributed by atoms with Gasteiger partial charge in [-0.15, -0.1) is 11.8 Å². The minimum Gasteiger partial charge on any atom is -0.516 e. The highest BCUT2D eigenvalue weighted by molar-refractivity contribution is 7.99. The van der Waals surface area contributed by atoms with Crippen molar-refractivity contribution in [1.29, 1.82) is 0 Å². The molecular formula is C28H31NO4S. The van der Waals surface area contributed by atoms with Gasteiger partial charge in [0, 0.05) is 29.4 Å². The van der Waals surface area contributed by atoms with E-state index >= 15 is 0 Å². The van der Waals surface area contributed by atoms with Gasteiger partial charge in [0.15, 0.2) is 0 Å². The molecule has 1 amide bonds. The van der Waals surface area contributed by atoms with Crippen molar-refractivity contribution in [3.8, 4) is 0 Å². The Hall–Kier alpha value is -2.80. The van der Waals surface area contributed by atoms with Crippen molar-refractivity contribution in [3.05, 3.63) is 90.2 Å². The Morgan fingerprint density at radius 2 is 1.94 bits per heavy atom. The number of hydrogen-bond donors (Lipinski definition) is 2. The number of ether oxygens (including phenoxy) is 1. The molecule has 0 bridgehead atoms. The van der Waals surface area contributed by atoms with E-state index < -0.39 is 0 Å². The number of amides is 1. The second-order valence-electron chi connectivity index (χ2n) is 8.49. The highest BCUT2D eigenvalue weighted by atomic mass is 32.2. The molecule has 2 fully saturated rings. The fraction of sp³-hybridized carbons (Fsp3) is 0.321. The molecule has 2 aromatic carbocycles. The van der Waals surface area contributed by atoms with Crippen LogP contribution in [0.1, 0.15) is 31.7 Å². The number of allylic oxidation sites excluding steroid dienone is 3. The number of carbonyl (C=O) groups excluding carboxylic acids is 1. The van der Waals surface area contributed by atoms with Gasteiger partial charge in [-0.3, -0.25) is 4.79 Å². The Bertz CT molecular complexity index is 1060. The standard InChI is InChI=1S/C28H31NO4S/c1-2-25(20-10-12-24(13-11-20)34-19-23-17-22(31)14-16-33-23)26(9-6-15-30)27-18-28(32)29(27)21-7-4-3-5-8-21/h2-13,15,22-23,27,30-31H,14,16-19H2,1H3/b15-6+,25-2-,26-9+. The molecule has 3 unspecified atom stereocenters. The number of rotatable bonds is 8. The van der Waals surface area contributed by atoms with Gasteiger partial charge in [0.1, 0.15) is 0 Å². The van der Waals surface area contributed by atoms with Crippen molar-refractivity contribution in [1.82, 2.24) is 0 Å². The number of aliphatic hydroxyl groups is 2. The lowest BCUT2D eigenvalue weighted by Crippen LogP contribution is -2.54. The number of nitrogens with zero attached hydrogens (tertiary/aromatic N) is 1. The van der Waals surface area contributed by atoms with Gasteiger partial charge in [-0.25, -0.2) is 0 Å². The maximum absolute atomic E-state index is 12.5. The molecular weight excluding hydrogens is 446 g/mol. The van der Waals surface area contributed by atoms with Gasteiger partial charge < -0.3 is 19.8 Å². The first-order chi connectivity index (χ1) is 16.6. The molecule has 4 rings (SSSR count). The molecule has 2 aromatic rings. The smallest absolute Gasteiger partial charge is 0.230 e. The zero-order valence-electron chi connectivity index (χ0n) is 19.3. The molecule has 0 spiro atoms. The van der Waals surface area contributed by atoms with E-state index in [-0.39, 0.29) is 24.2 Å². The van der Waals surface area contributed by atoms with E-state index in [9.17, 15) is 15.0 Å². The van der Waals surface area contributed by atoms with Crippen molar-refractivity contribution in [2.75, 3.05) is 17.3 Å². The third-order valence-electron chi connectivity index (χ3n) is 6.24. The zero-order chi connectivity index (χ0) is 23.9. The topological polar surface area (TPSA) is 70.0 Å². The van der Waals surface area contributed by atoms with Crippen LogP contribution in [0.2, 0.25) is 0 Å². The molecule has 3 atom stereocenters. The highest BCUT2D eigenvalue weighted by Crippen LogP contribution is 2.38. The van der Waals surface area contributed by atoms with Crippen molar-refractivity contribution >= 4 is 28.9 Å². The largest absolute Gasteiger partial charge is 0.516 e. The second-order valence-corrected chi connectivity index (χ2v) is 9.58. The van der Waals surface area contributed by atoms with Crippen LogP contribution in [0.15, 0.2) is 89.6 Å². The summed E-state index contributed by atoms with van der Waals surface area (Å²) in [6.45, 7) is 2.62. The van der Waals surface area contributed by atoms with Gasteiger partial charge in [0.25, 0.3) is 0 Å². The predicted octanol–water partition coefficient (Wildman–Crippen LogP) is 5.53. The average molecular weight is 478 g/mol. The Morgan fingerprint density at radius 1 is 1.18 bits per heavy atom. The normalized spacial score (nSPS) is 23.9. The lowest BCUT2D eigenvalue weighted by atomic mass is 9.84. The minimum absolute atomic E-state index is 0.0828. The summed E-state index contributed by atoms with van der Waals surface area (Å²) >= 11 is 1.73. The number of β-lactam (4-membered cyclic amide) rings is 1. The molecule has 2 heterocycles. The molecule has 0 saturated carbocycles. The fourth-order valence-electron chi connectivity index (χ4n) is 4.50. The number of aliphatic hydroxyl groups excluding tert-OH is 2. The maximum atomic E-state index is 12.5. The molecule has 2 aliphatic rings. The fourth-order valence-corrected chi connectivity index (χ4v) is 5.44. The van der Waals surface area contributed by atoms with E-state index in [4.69, 9.17) is 4.74 Å². The summed E-state index contributed by atoms with van der Waals surface area (Å²) in [4.78, 5) is 15.5. The second kappa shape index (κ2) is 11.6. The summed E-state index contributed by atoms with van der Waals surface area (Å²) in [7, 11) is 0. The van der Waals surface area contributed by atoms with Crippen molar-refractivity contribution in [3.63, 3.8) is 0 Å². The Kier molecular flexibility index (Phi) is 8.27. The first-order valence-corrected chi connectivity index (χ1v) is 12.7. The lowest BCUT2D eigenvalue weighted by molar-refractivity contribution is -0.123. The van der Waals surface area contributed by atoms with Crippen LogP contribution in [0.25, 0.3) is 5.57 Å². The van der Waals surface area contributed by atoms with E-state index in [2.05, 4.69) is 30.3 Å². The predicted molar refractivity (Wildman–Crippen MR) is 138 cm³/mol. The highest BCUT2D eigenvalue weighted by Gasteiger charge is 2.40. The summed E-state index contributed by atoms with van der Waals surface area (Å²) in [5, 5.41) is 19.2. The first-order valence-electron chi connectivity index (χ1n) is 11.7. The van der Waals surface area contributed by atoms with Crippen LogP contribution < -0.4 is 4.90 Å². The van der Waals surface area contributed by atoms with Crippen molar-refractivity contribution < 1.29 is 19.7 Å². The van der Waals surface area contributed by atoms with Crippen LogP contribution in [-0.2, 0) is 9.53 Å². The van der Waals surface area contributed by atoms with Gasteiger partial charge in [-0.1, -0.05) is 42.5 Å². The van der Waals surface area contributed by atoms with Gasteiger partial charge in [-0.05, 0) is 60.4 Å². The maximum Gasteiger partial charge on any atom is 0.230 e. The molecule has 0 radical (unpaired) electrons. The van der Waals surface area contributed by atoms with E-state index in [1.165, 1.54) is 0 Å². The van der Waals surface area contributed by atoms with Crippen LogP contribution in [0.4, 0.5) is 5.69 Å². The summed E-state index contributed by atoms with van der Waals surface area (Å²) in [6, 6.07) is 18.0. The summed E-state index contributed by atoms with van der Waals surface area (Å²) in [5.74, 6) is 0.905. The van der Waals surface area contributed by atoms with Crippen molar-refractivity contribution in [2.45, 2.75) is 49.3 Å². The van der Waals surface area contributed by atoms with E-state index in [0.29, 0.717) is 19.4 Å². The molecule has 0 aliphatic carbocycles. The van der Waals surface area contributed by atoms with Crippen LogP contribution in [0, 0.1) is 0 Å². The quantitative estimate of drug-likeness (QED) is 0.227. The Labute approximate surface area is 205 Å². The Balaban J connectivity index is 1.51. The molecule has 6 heteroatoms. The monoisotopic (exact) mass is 477 g/mol. The van der Waals surface area contributed by atoms with Crippen LogP contribution in [0.3, 0.4) is 0 Å². The average Bonchev–Trinajstić information content (AvgIpc) is 2.85. The van der Waals surface area contributed by atoms with Crippen LogP contribution >= 0.6 is 11.8 Å². The molecule has 2 saturated heterocycles. The number of thioether (sulfide) groups is 1. The SMILES string of the molecule is C\C=C(/C(=C\C=C\O)C1CC(=O)N1c1ccccc1)c1ccc(SCC2CC(O)CCO2)cc1. The van der Waals surface area contributed by atoms with Gasteiger partial charge in [-0.2, -0.15) is 0 Å². The Morgan fingerprint density at radius 3 is 2.59 bits per heavy atom. The van der Waals surface area contributed by atoms with Crippen LogP contribution in [0.5, 0.6) is 0 Å². The number of hydrogen-bond acceptors (Lipinski definition) is 5.